The van der Waals surface area contributed by atoms with Gasteiger partial charge in [-0.2, -0.15) is 0 Å². The van der Waals surface area contributed by atoms with E-state index in [1.165, 1.54) is 18.2 Å². The van der Waals surface area contributed by atoms with E-state index in [0.717, 1.165) is 40.9 Å². The Morgan fingerprint density at radius 1 is 1.29 bits per heavy atom. The molecule has 0 heterocycles. The summed E-state index contributed by atoms with van der Waals surface area (Å²) in [5.41, 5.74) is 9.16. The molecule has 0 unspecified atom stereocenters. The lowest BCUT2D eigenvalue weighted by molar-refractivity contribution is -0.113. The van der Waals surface area contributed by atoms with Crippen LogP contribution < -0.4 is 5.73 Å². The smallest absolute Gasteiger partial charge is 0.156 e. The average molecular weight is 346 g/mol. The van der Waals surface area contributed by atoms with E-state index in [1.54, 1.807) is 12.3 Å². The molecule has 0 aliphatic heterocycles. The number of carbonyl (C=O) groups is 1. The van der Waals surface area contributed by atoms with Crippen LogP contribution in [0.2, 0.25) is 0 Å². The molecule has 0 saturated heterocycles. The van der Waals surface area contributed by atoms with Gasteiger partial charge in [-0.25, -0.2) is 0 Å². The van der Waals surface area contributed by atoms with Crippen molar-refractivity contribution in [1.82, 2.24) is 0 Å². The largest absolute Gasteiger partial charge is 0.326 e. The van der Waals surface area contributed by atoms with E-state index in [4.69, 9.17) is 5.73 Å². The minimum absolute atomic E-state index is 0.137. The number of thioether (sulfide) groups is 1. The van der Waals surface area contributed by atoms with Crippen molar-refractivity contribution in [3.63, 3.8) is 0 Å². The molecule has 1 aromatic carbocycles. The molecule has 0 bridgehead atoms. The van der Waals surface area contributed by atoms with Crippen molar-refractivity contribution in [1.29, 1.82) is 0 Å². The molecule has 0 aliphatic rings. The number of allylic oxidation sites excluding steroid dienone is 1. The van der Waals surface area contributed by atoms with Crippen LogP contribution in [0.4, 0.5) is 0 Å². The van der Waals surface area contributed by atoms with Gasteiger partial charge in [0.25, 0.3) is 0 Å². The zero-order valence-corrected chi connectivity index (χ0v) is 16.3. The molecular weight excluding hydrogens is 314 g/mol. The predicted octanol–water partition coefficient (Wildman–Crippen LogP) is 5.93. The zero-order chi connectivity index (χ0) is 18.2. The third kappa shape index (κ3) is 5.95. The Bertz CT molecular complexity index is 602. The van der Waals surface area contributed by atoms with Crippen LogP contribution in [0.1, 0.15) is 64.5 Å². The number of hydrogen-bond donors (Lipinski definition) is 1. The summed E-state index contributed by atoms with van der Waals surface area (Å²) in [6, 6.07) is 8.06. The summed E-state index contributed by atoms with van der Waals surface area (Å²) in [5.74, 6) is 0.137. The lowest BCUT2D eigenvalue weighted by Gasteiger charge is -2.25. The van der Waals surface area contributed by atoms with Crippen LogP contribution in [0, 0.1) is 5.41 Å². The average Bonchev–Trinajstić information content (AvgIpc) is 2.53. The standard InChI is InChI=1S/C21H31NOS/c1-6-13-21(4,5)14-12-18(16(3)23)20(24-7-2)19-11-9-8-10-17(19)15-22/h7-11H,2,6,12-15,22H2,1,3-5H3/b20-18+. The normalized spacial score (nSPS) is 12.7. The highest BCUT2D eigenvalue weighted by Gasteiger charge is 2.21. The Morgan fingerprint density at radius 2 is 1.96 bits per heavy atom. The third-order valence-corrected chi connectivity index (χ3v) is 5.23. The minimum atomic E-state index is 0.137. The van der Waals surface area contributed by atoms with Gasteiger partial charge in [0.1, 0.15) is 0 Å². The summed E-state index contributed by atoms with van der Waals surface area (Å²) in [5, 5.41) is 1.79. The van der Waals surface area contributed by atoms with Gasteiger partial charge in [0.2, 0.25) is 0 Å². The Morgan fingerprint density at radius 3 is 2.50 bits per heavy atom. The van der Waals surface area contributed by atoms with Gasteiger partial charge in [-0.05, 0) is 48.1 Å². The second-order valence-corrected chi connectivity index (χ2v) is 7.90. The second-order valence-electron chi connectivity index (χ2n) is 6.92. The van der Waals surface area contributed by atoms with E-state index in [2.05, 4.69) is 27.4 Å². The molecular formula is C21H31NOS. The fraction of sp³-hybridized carbons (Fsp3) is 0.476. The van der Waals surface area contributed by atoms with E-state index in [0.29, 0.717) is 6.54 Å². The summed E-state index contributed by atoms with van der Waals surface area (Å²) in [6.07, 6.45) is 4.12. The topological polar surface area (TPSA) is 43.1 Å². The Balaban J connectivity index is 3.29. The lowest BCUT2D eigenvalue weighted by atomic mass is 9.81. The fourth-order valence-electron chi connectivity index (χ4n) is 3.01. The molecule has 2 N–H and O–H groups in total. The number of carbonyl (C=O) groups excluding carboxylic acids is 1. The van der Waals surface area contributed by atoms with Crippen molar-refractivity contribution >= 4 is 22.5 Å². The first-order chi connectivity index (χ1) is 11.4. The van der Waals surface area contributed by atoms with Gasteiger partial charge in [-0.1, -0.05) is 69.8 Å². The van der Waals surface area contributed by atoms with Crippen LogP contribution in [-0.2, 0) is 11.3 Å². The van der Waals surface area contributed by atoms with Gasteiger partial charge in [-0.3, -0.25) is 4.79 Å². The number of ketones is 1. The van der Waals surface area contributed by atoms with Crippen molar-refractivity contribution in [2.45, 2.75) is 59.9 Å². The van der Waals surface area contributed by atoms with Gasteiger partial charge >= 0.3 is 0 Å². The number of rotatable bonds is 10. The highest BCUT2D eigenvalue weighted by atomic mass is 32.2. The molecule has 0 amide bonds. The SMILES string of the molecule is C=CS/C(=C(\CCC(C)(C)CCC)C(C)=O)c1ccccc1CN. The minimum Gasteiger partial charge on any atom is -0.326 e. The van der Waals surface area contributed by atoms with Crippen molar-refractivity contribution in [3.8, 4) is 0 Å². The van der Waals surface area contributed by atoms with Gasteiger partial charge < -0.3 is 5.73 Å². The van der Waals surface area contributed by atoms with Crippen LogP contribution in [0.3, 0.4) is 0 Å². The summed E-state index contributed by atoms with van der Waals surface area (Å²) in [6.45, 7) is 12.7. The Kier molecular flexibility index (Phi) is 8.51. The van der Waals surface area contributed by atoms with Crippen molar-refractivity contribution in [2.75, 3.05) is 0 Å². The first-order valence-corrected chi connectivity index (χ1v) is 9.54. The van der Waals surface area contributed by atoms with Crippen molar-refractivity contribution in [3.05, 3.63) is 53.0 Å². The molecule has 24 heavy (non-hydrogen) atoms. The molecule has 3 heteroatoms. The van der Waals surface area contributed by atoms with Crippen LogP contribution >= 0.6 is 11.8 Å². The lowest BCUT2D eigenvalue weighted by Crippen LogP contribution is -2.13. The number of nitrogens with two attached hydrogens (primary N) is 1. The molecule has 0 aliphatic carbocycles. The maximum atomic E-state index is 12.4. The van der Waals surface area contributed by atoms with E-state index in [-0.39, 0.29) is 11.2 Å². The number of benzene rings is 1. The molecule has 132 valence electrons. The highest BCUT2D eigenvalue weighted by Crippen LogP contribution is 2.38. The molecule has 0 radical (unpaired) electrons. The molecule has 0 saturated carbocycles. The molecule has 1 rings (SSSR count). The highest BCUT2D eigenvalue weighted by molar-refractivity contribution is 8.11. The van der Waals surface area contributed by atoms with E-state index >= 15 is 0 Å². The Hall–Kier alpha value is -1.32. The van der Waals surface area contributed by atoms with E-state index in [1.807, 2.05) is 24.3 Å². The van der Waals surface area contributed by atoms with Crippen LogP contribution in [-0.4, -0.2) is 5.78 Å². The molecule has 0 atom stereocenters. The zero-order valence-electron chi connectivity index (χ0n) is 15.5. The van der Waals surface area contributed by atoms with E-state index in [9.17, 15) is 4.79 Å². The third-order valence-electron chi connectivity index (χ3n) is 4.36. The van der Waals surface area contributed by atoms with Crippen molar-refractivity contribution in [2.24, 2.45) is 11.1 Å². The quantitative estimate of drug-likeness (QED) is 0.535. The summed E-state index contributed by atoms with van der Waals surface area (Å²) in [7, 11) is 0. The van der Waals surface area contributed by atoms with Crippen LogP contribution in [0.25, 0.3) is 4.91 Å². The van der Waals surface area contributed by atoms with Gasteiger partial charge in [0, 0.05) is 17.0 Å². The Labute approximate surface area is 151 Å². The number of Topliss-reactive ketones (excluding diaryl/α,β-unsaturated/α-hetero) is 1. The summed E-state index contributed by atoms with van der Waals surface area (Å²) in [4.78, 5) is 13.4. The maximum Gasteiger partial charge on any atom is 0.156 e. The maximum absolute atomic E-state index is 12.4. The fourth-order valence-corrected chi connectivity index (χ4v) is 3.90. The molecule has 0 spiro atoms. The monoisotopic (exact) mass is 345 g/mol. The number of hydrogen-bond acceptors (Lipinski definition) is 3. The summed E-state index contributed by atoms with van der Waals surface area (Å²) < 4.78 is 0. The molecule has 1 aromatic rings. The van der Waals surface area contributed by atoms with E-state index < -0.39 is 0 Å². The first kappa shape index (κ1) is 20.7. The molecule has 0 fully saturated rings. The van der Waals surface area contributed by atoms with Crippen LogP contribution in [0.15, 0.2) is 41.8 Å². The second kappa shape index (κ2) is 9.85. The van der Waals surface area contributed by atoms with Crippen LogP contribution in [0.5, 0.6) is 0 Å². The first-order valence-electron chi connectivity index (χ1n) is 8.66. The summed E-state index contributed by atoms with van der Waals surface area (Å²) >= 11 is 1.53. The predicted molar refractivity (Wildman–Crippen MR) is 108 cm³/mol. The van der Waals surface area contributed by atoms with Gasteiger partial charge in [0.05, 0.1) is 0 Å². The van der Waals surface area contributed by atoms with Crippen molar-refractivity contribution < 1.29 is 4.79 Å². The van der Waals surface area contributed by atoms with Gasteiger partial charge in [-0.15, -0.1) is 0 Å². The molecule has 2 nitrogen and oxygen atoms in total. The van der Waals surface area contributed by atoms with Gasteiger partial charge in [0.15, 0.2) is 5.78 Å². The molecule has 0 aromatic heterocycles.